The first-order chi connectivity index (χ1) is 35.2. The number of hydrogen-bond acceptors (Lipinski definition) is 10. The van der Waals surface area contributed by atoms with Crippen molar-refractivity contribution < 1.29 is 49.3 Å². The topological polar surface area (TPSA) is 175 Å². The van der Waals surface area contributed by atoms with Crippen LogP contribution in [-0.4, -0.2) is 99.6 Å². The number of nitrogens with one attached hydrogen (secondary N) is 1. The lowest BCUT2D eigenvalue weighted by atomic mass is 9.99. The first-order valence-corrected chi connectivity index (χ1v) is 29.9. The molecular formula is C61H111NO10. The Balaban J connectivity index is 2.69. The number of carbonyl (C=O) groups excluding carboxylic acids is 2. The number of ether oxygens (including phenoxy) is 3. The maximum Gasteiger partial charge on any atom is 0.306 e. The Morgan fingerprint density at radius 2 is 1.00 bits per heavy atom. The van der Waals surface area contributed by atoms with Gasteiger partial charge in [-0.1, -0.05) is 249 Å². The Morgan fingerprint density at radius 1 is 0.556 bits per heavy atom. The van der Waals surface area contributed by atoms with Crippen LogP contribution in [0.3, 0.4) is 0 Å². The zero-order valence-corrected chi connectivity index (χ0v) is 46.3. The van der Waals surface area contributed by atoms with Gasteiger partial charge < -0.3 is 45.1 Å². The molecule has 0 aromatic carbocycles. The van der Waals surface area contributed by atoms with Crippen LogP contribution < -0.4 is 5.32 Å². The van der Waals surface area contributed by atoms with E-state index in [0.29, 0.717) is 19.3 Å². The van der Waals surface area contributed by atoms with E-state index in [9.17, 15) is 35.1 Å². The normalized spacial score (nSPS) is 19.8. The van der Waals surface area contributed by atoms with E-state index in [1.54, 1.807) is 6.08 Å². The lowest BCUT2D eigenvalue weighted by Gasteiger charge is -2.41. The highest BCUT2D eigenvalue weighted by molar-refractivity contribution is 5.80. The minimum Gasteiger partial charge on any atom is -0.454 e. The number of aliphatic hydroxyl groups is 5. The Labute approximate surface area is 440 Å². The lowest BCUT2D eigenvalue weighted by molar-refractivity contribution is -0.305. The summed E-state index contributed by atoms with van der Waals surface area (Å²) >= 11 is 0. The van der Waals surface area contributed by atoms with Crippen molar-refractivity contribution >= 4 is 11.9 Å². The maximum atomic E-state index is 13.4. The molecule has 1 fully saturated rings. The highest BCUT2D eigenvalue weighted by atomic mass is 16.7. The molecule has 11 heteroatoms. The van der Waals surface area contributed by atoms with Gasteiger partial charge in [0.1, 0.15) is 24.4 Å². The fourth-order valence-corrected chi connectivity index (χ4v) is 9.25. The van der Waals surface area contributed by atoms with Gasteiger partial charge in [0.2, 0.25) is 5.91 Å². The largest absolute Gasteiger partial charge is 0.454 e. The van der Waals surface area contributed by atoms with Gasteiger partial charge in [0.25, 0.3) is 0 Å². The van der Waals surface area contributed by atoms with Gasteiger partial charge in [0.15, 0.2) is 12.4 Å². The fraction of sp³-hybridized carbons (Fsp3) is 0.836. The zero-order valence-electron chi connectivity index (χ0n) is 46.3. The third-order valence-corrected chi connectivity index (χ3v) is 14.0. The van der Waals surface area contributed by atoms with E-state index in [1.165, 1.54) is 135 Å². The van der Waals surface area contributed by atoms with E-state index in [1.807, 2.05) is 6.08 Å². The van der Waals surface area contributed by atoms with Crippen molar-refractivity contribution in [2.45, 2.75) is 314 Å². The first-order valence-electron chi connectivity index (χ1n) is 29.9. The van der Waals surface area contributed by atoms with Crippen molar-refractivity contribution in [3.63, 3.8) is 0 Å². The molecule has 11 nitrogen and oxygen atoms in total. The van der Waals surface area contributed by atoms with E-state index in [4.69, 9.17) is 14.2 Å². The average molecular weight is 1020 g/mol. The van der Waals surface area contributed by atoms with E-state index in [-0.39, 0.29) is 13.0 Å². The molecule has 420 valence electrons. The molecule has 0 saturated carbocycles. The van der Waals surface area contributed by atoms with Crippen LogP contribution in [0.2, 0.25) is 0 Å². The molecule has 1 aliphatic heterocycles. The molecule has 8 unspecified atom stereocenters. The average Bonchev–Trinajstić information content (AvgIpc) is 3.38. The Morgan fingerprint density at radius 3 is 1.50 bits per heavy atom. The van der Waals surface area contributed by atoms with Crippen LogP contribution in [0.25, 0.3) is 0 Å². The number of esters is 1. The molecule has 72 heavy (non-hydrogen) atoms. The minimum atomic E-state index is -1.62. The second-order valence-electron chi connectivity index (χ2n) is 20.7. The molecule has 1 aliphatic rings. The highest BCUT2D eigenvalue weighted by Crippen LogP contribution is 2.26. The van der Waals surface area contributed by atoms with Gasteiger partial charge in [-0.05, 0) is 57.8 Å². The predicted molar refractivity (Wildman–Crippen MR) is 297 cm³/mol. The van der Waals surface area contributed by atoms with E-state index >= 15 is 0 Å². The van der Waals surface area contributed by atoms with Crippen LogP contribution in [0.4, 0.5) is 0 Å². The van der Waals surface area contributed by atoms with E-state index in [2.05, 4.69) is 62.5 Å². The summed E-state index contributed by atoms with van der Waals surface area (Å²) in [5.74, 6) is -1.21. The molecule has 1 amide bonds. The summed E-state index contributed by atoms with van der Waals surface area (Å²) in [5, 5.41) is 56.8. The summed E-state index contributed by atoms with van der Waals surface area (Å²) in [6, 6.07) is -1.03. The molecule has 8 atom stereocenters. The number of unbranched alkanes of at least 4 members (excludes halogenated alkanes) is 30. The van der Waals surface area contributed by atoms with Crippen molar-refractivity contribution in [1.29, 1.82) is 0 Å². The third-order valence-electron chi connectivity index (χ3n) is 14.0. The molecule has 1 saturated heterocycles. The standard InChI is InChI=1S/C61H111NO10/c1-4-7-10-13-16-19-22-24-26-27-28-29-30-33-36-39-42-45-48-54(65)60(69)62-52(53(64)47-44-41-38-35-32-21-18-15-12-9-6-3)51-70-61-59(58(68)57(67)55(50-63)71-61)72-56(66)49-46-43-40-37-34-31-25-23-20-17-14-11-8-5-2/h8,11,17,20,25,31,44,47,52-55,57-59,61,63-65,67-68H,4-7,9-10,12-16,18-19,21-24,26-30,32-43,45-46,48-51H2,1-3H3,(H,62,69)/b11-8+,20-17+,31-25+,47-44+. The quantitative estimate of drug-likeness (QED) is 0.0195. The number of hydrogen-bond donors (Lipinski definition) is 6. The summed E-state index contributed by atoms with van der Waals surface area (Å²) in [4.78, 5) is 26.5. The van der Waals surface area contributed by atoms with Crippen LogP contribution in [0.5, 0.6) is 0 Å². The second-order valence-corrected chi connectivity index (χ2v) is 20.7. The van der Waals surface area contributed by atoms with E-state index in [0.717, 1.165) is 83.5 Å². The molecular weight excluding hydrogens is 907 g/mol. The summed E-state index contributed by atoms with van der Waals surface area (Å²) in [6.07, 6.45) is 48.7. The van der Waals surface area contributed by atoms with Crippen LogP contribution in [0.1, 0.15) is 265 Å². The molecule has 1 heterocycles. The molecule has 0 aromatic rings. The zero-order chi connectivity index (χ0) is 52.5. The van der Waals surface area contributed by atoms with Crippen molar-refractivity contribution in [3.05, 3.63) is 48.6 Å². The number of allylic oxidation sites excluding steroid dienone is 7. The third kappa shape index (κ3) is 37.4. The Bertz CT molecular complexity index is 1350. The van der Waals surface area contributed by atoms with Gasteiger partial charge in [-0.25, -0.2) is 0 Å². The summed E-state index contributed by atoms with van der Waals surface area (Å²) in [7, 11) is 0. The molecule has 0 aliphatic carbocycles. The summed E-state index contributed by atoms with van der Waals surface area (Å²) in [5.41, 5.74) is 0. The fourth-order valence-electron chi connectivity index (χ4n) is 9.25. The molecule has 0 bridgehead atoms. The monoisotopic (exact) mass is 1020 g/mol. The lowest BCUT2D eigenvalue weighted by Crippen LogP contribution is -2.61. The summed E-state index contributed by atoms with van der Waals surface area (Å²) in [6.45, 7) is 5.66. The van der Waals surface area contributed by atoms with Crippen molar-refractivity contribution in [1.82, 2.24) is 5.32 Å². The predicted octanol–water partition coefficient (Wildman–Crippen LogP) is 13.7. The van der Waals surface area contributed by atoms with Gasteiger partial charge in [-0.3, -0.25) is 9.59 Å². The number of amides is 1. The van der Waals surface area contributed by atoms with Crippen LogP contribution in [0.15, 0.2) is 48.6 Å². The highest BCUT2D eigenvalue weighted by Gasteiger charge is 2.47. The van der Waals surface area contributed by atoms with Crippen molar-refractivity contribution in [2.24, 2.45) is 0 Å². The molecule has 6 N–H and O–H groups in total. The second kappa shape index (κ2) is 49.5. The minimum absolute atomic E-state index is 0.0983. The van der Waals surface area contributed by atoms with Gasteiger partial charge >= 0.3 is 5.97 Å². The van der Waals surface area contributed by atoms with Gasteiger partial charge in [-0.2, -0.15) is 0 Å². The van der Waals surface area contributed by atoms with Crippen molar-refractivity contribution in [2.75, 3.05) is 13.2 Å². The summed E-state index contributed by atoms with van der Waals surface area (Å²) < 4.78 is 17.6. The van der Waals surface area contributed by atoms with Gasteiger partial charge in [0.05, 0.1) is 25.4 Å². The number of aliphatic hydroxyl groups excluding tert-OH is 5. The smallest absolute Gasteiger partial charge is 0.306 e. The van der Waals surface area contributed by atoms with Gasteiger partial charge in [-0.15, -0.1) is 0 Å². The molecule has 0 spiro atoms. The Kier molecular flexibility index (Phi) is 46.5. The molecule has 0 radical (unpaired) electrons. The van der Waals surface area contributed by atoms with Gasteiger partial charge in [0, 0.05) is 6.42 Å². The van der Waals surface area contributed by atoms with E-state index < -0.39 is 67.4 Å². The first kappa shape index (κ1) is 67.6. The SMILES string of the molecule is CC/C=C/C/C=C/C/C=C/CCCCCCC(=O)OC1C(OCC(NC(=O)C(O)CCCCCCCCCCCCCCCCCCCC)C(O)/C=C/CCCCCCCCCCC)OC(CO)C(O)C1O. The number of carbonyl (C=O) groups is 2. The van der Waals surface area contributed by atoms with Crippen molar-refractivity contribution in [3.8, 4) is 0 Å². The van der Waals surface area contributed by atoms with Crippen LogP contribution in [0, 0.1) is 0 Å². The van der Waals surface area contributed by atoms with Crippen LogP contribution in [-0.2, 0) is 23.8 Å². The maximum absolute atomic E-state index is 13.4. The number of rotatable bonds is 50. The Hall–Kier alpha value is -2.38. The van der Waals surface area contributed by atoms with Crippen LogP contribution >= 0.6 is 0 Å². The molecule has 0 aromatic heterocycles. The molecule has 1 rings (SSSR count).